The topological polar surface area (TPSA) is 65.0 Å². The molecule has 0 bridgehead atoms. The highest BCUT2D eigenvalue weighted by Gasteiger charge is 2.18. The van der Waals surface area contributed by atoms with Crippen LogP contribution in [0, 0.1) is 0 Å². The molecule has 0 aliphatic carbocycles. The molecule has 0 radical (unpaired) electrons. The van der Waals surface area contributed by atoms with E-state index in [9.17, 15) is 9.90 Å². The summed E-state index contributed by atoms with van der Waals surface area (Å²) >= 11 is 0. The zero-order valence-electron chi connectivity index (χ0n) is 13.3. The number of aliphatic hydroxyl groups is 1. The fourth-order valence-electron chi connectivity index (χ4n) is 2.67. The lowest BCUT2D eigenvalue weighted by molar-refractivity contribution is 0.0501. The van der Waals surface area contributed by atoms with Gasteiger partial charge in [-0.15, -0.1) is 0 Å². The number of hydrogen-bond donors (Lipinski definition) is 2. The van der Waals surface area contributed by atoms with Crippen LogP contribution in [-0.2, 0) is 4.74 Å². The maximum Gasteiger partial charge on any atom is 0.321 e. The quantitative estimate of drug-likeness (QED) is 0.840. The molecule has 1 fully saturated rings. The van der Waals surface area contributed by atoms with Crippen molar-refractivity contribution in [3.63, 3.8) is 0 Å². The van der Waals surface area contributed by atoms with Gasteiger partial charge in [0.2, 0.25) is 0 Å². The molecule has 0 saturated carbocycles. The predicted molar refractivity (Wildman–Crippen MR) is 87.4 cm³/mol. The van der Waals surface area contributed by atoms with Gasteiger partial charge in [-0.25, -0.2) is 4.79 Å². The van der Waals surface area contributed by atoms with Gasteiger partial charge in [0.1, 0.15) is 0 Å². The van der Waals surface area contributed by atoms with Gasteiger partial charge in [0.15, 0.2) is 0 Å². The van der Waals surface area contributed by atoms with E-state index < -0.39 is 6.10 Å². The van der Waals surface area contributed by atoms with Crippen LogP contribution in [0.15, 0.2) is 24.3 Å². The molecule has 122 valence electrons. The fourth-order valence-corrected chi connectivity index (χ4v) is 2.67. The van der Waals surface area contributed by atoms with Crippen LogP contribution in [-0.4, -0.2) is 62.5 Å². The van der Waals surface area contributed by atoms with E-state index in [-0.39, 0.29) is 19.2 Å². The molecule has 1 aromatic rings. The van der Waals surface area contributed by atoms with Crippen molar-refractivity contribution in [1.82, 2.24) is 4.90 Å². The first-order chi connectivity index (χ1) is 10.6. The standard InChI is InChI=1S/C16H25N3O3/c1-18(11-13(20)12-22-2)16(21)17-14-7-3-4-8-15(14)19-9-5-6-10-19/h3-4,7-8,13,20H,5-6,9-12H2,1-2H3,(H,17,21). The van der Waals surface area contributed by atoms with Crippen molar-refractivity contribution < 1.29 is 14.6 Å². The van der Waals surface area contributed by atoms with E-state index in [1.54, 1.807) is 7.05 Å². The number of ether oxygens (including phenoxy) is 1. The van der Waals surface area contributed by atoms with Gasteiger partial charge < -0.3 is 25.0 Å². The summed E-state index contributed by atoms with van der Waals surface area (Å²) in [5.41, 5.74) is 1.86. The molecule has 1 saturated heterocycles. The number of para-hydroxylation sites is 2. The molecule has 6 heteroatoms. The van der Waals surface area contributed by atoms with Crippen LogP contribution in [0.25, 0.3) is 0 Å². The lowest BCUT2D eigenvalue weighted by atomic mass is 10.2. The average Bonchev–Trinajstić information content (AvgIpc) is 3.02. The average molecular weight is 307 g/mol. The molecule has 2 rings (SSSR count). The molecule has 0 aromatic heterocycles. The number of anilines is 2. The molecule has 22 heavy (non-hydrogen) atoms. The van der Waals surface area contributed by atoms with Crippen LogP contribution in [0.1, 0.15) is 12.8 Å². The Morgan fingerprint density at radius 3 is 2.77 bits per heavy atom. The first kappa shape index (κ1) is 16.6. The smallest absolute Gasteiger partial charge is 0.321 e. The Morgan fingerprint density at radius 2 is 2.09 bits per heavy atom. The van der Waals surface area contributed by atoms with Crippen LogP contribution in [0.5, 0.6) is 0 Å². The number of nitrogens with one attached hydrogen (secondary N) is 1. The van der Waals surface area contributed by atoms with Crippen molar-refractivity contribution in [2.24, 2.45) is 0 Å². The molecule has 1 unspecified atom stereocenters. The van der Waals surface area contributed by atoms with Crippen LogP contribution in [0.2, 0.25) is 0 Å². The SMILES string of the molecule is COCC(O)CN(C)C(=O)Nc1ccccc1N1CCCC1. The van der Waals surface area contributed by atoms with Crippen molar-refractivity contribution in [2.45, 2.75) is 18.9 Å². The number of aliphatic hydroxyl groups excluding tert-OH is 1. The van der Waals surface area contributed by atoms with Crippen molar-refractivity contribution in [3.05, 3.63) is 24.3 Å². The normalized spacial score (nSPS) is 15.7. The molecule has 1 aliphatic rings. The highest BCUT2D eigenvalue weighted by molar-refractivity contribution is 5.93. The molecule has 1 heterocycles. The van der Waals surface area contributed by atoms with Crippen molar-refractivity contribution >= 4 is 17.4 Å². The first-order valence-electron chi connectivity index (χ1n) is 7.65. The molecule has 1 aliphatic heterocycles. The van der Waals surface area contributed by atoms with Gasteiger partial charge in [0.05, 0.1) is 30.6 Å². The summed E-state index contributed by atoms with van der Waals surface area (Å²) < 4.78 is 4.87. The molecular formula is C16H25N3O3. The van der Waals surface area contributed by atoms with Gasteiger partial charge >= 0.3 is 6.03 Å². The number of likely N-dealkylation sites (N-methyl/N-ethyl adjacent to an activating group) is 1. The van der Waals surface area contributed by atoms with Crippen molar-refractivity contribution in [2.75, 3.05) is 50.6 Å². The fraction of sp³-hybridized carbons (Fsp3) is 0.562. The van der Waals surface area contributed by atoms with Gasteiger partial charge in [0.25, 0.3) is 0 Å². The van der Waals surface area contributed by atoms with E-state index >= 15 is 0 Å². The van der Waals surface area contributed by atoms with Crippen LogP contribution in [0.3, 0.4) is 0 Å². The summed E-state index contributed by atoms with van der Waals surface area (Å²) in [5, 5.41) is 12.6. The minimum absolute atomic E-state index is 0.210. The number of urea groups is 1. The zero-order valence-corrected chi connectivity index (χ0v) is 13.3. The third kappa shape index (κ3) is 4.35. The first-order valence-corrected chi connectivity index (χ1v) is 7.65. The largest absolute Gasteiger partial charge is 0.389 e. The number of amides is 2. The van der Waals surface area contributed by atoms with E-state index in [2.05, 4.69) is 10.2 Å². The Balaban J connectivity index is 1.99. The summed E-state index contributed by atoms with van der Waals surface area (Å²) in [6.07, 6.45) is 1.69. The Kier molecular flexibility index (Phi) is 6.03. The molecule has 1 aromatic carbocycles. The summed E-state index contributed by atoms with van der Waals surface area (Å²) in [5.74, 6) is 0. The lowest BCUT2D eigenvalue weighted by Gasteiger charge is -2.24. The van der Waals surface area contributed by atoms with Gasteiger partial charge in [-0.05, 0) is 25.0 Å². The monoisotopic (exact) mass is 307 g/mol. The Labute approximate surface area is 131 Å². The summed E-state index contributed by atoms with van der Waals surface area (Å²) in [6, 6.07) is 7.59. The number of hydrogen-bond acceptors (Lipinski definition) is 4. The number of carbonyl (C=O) groups excluding carboxylic acids is 1. The Hall–Kier alpha value is -1.79. The molecule has 2 amide bonds. The molecule has 1 atom stereocenters. The minimum atomic E-state index is -0.686. The summed E-state index contributed by atoms with van der Waals surface area (Å²) in [4.78, 5) is 16.0. The third-order valence-corrected chi connectivity index (χ3v) is 3.78. The summed E-state index contributed by atoms with van der Waals surface area (Å²) in [7, 11) is 3.18. The second-order valence-electron chi connectivity index (χ2n) is 5.63. The third-order valence-electron chi connectivity index (χ3n) is 3.78. The second-order valence-corrected chi connectivity index (χ2v) is 5.63. The highest BCUT2D eigenvalue weighted by Crippen LogP contribution is 2.28. The lowest BCUT2D eigenvalue weighted by Crippen LogP contribution is -2.39. The number of carbonyl (C=O) groups is 1. The van der Waals surface area contributed by atoms with E-state index in [4.69, 9.17) is 4.74 Å². The molecule has 2 N–H and O–H groups in total. The van der Waals surface area contributed by atoms with E-state index in [0.29, 0.717) is 0 Å². The van der Waals surface area contributed by atoms with Gasteiger partial charge in [-0.1, -0.05) is 12.1 Å². The van der Waals surface area contributed by atoms with E-state index in [1.807, 2.05) is 24.3 Å². The van der Waals surface area contributed by atoms with E-state index in [1.165, 1.54) is 24.9 Å². The van der Waals surface area contributed by atoms with Crippen molar-refractivity contribution in [3.8, 4) is 0 Å². The Morgan fingerprint density at radius 1 is 1.41 bits per heavy atom. The minimum Gasteiger partial charge on any atom is -0.389 e. The zero-order chi connectivity index (χ0) is 15.9. The summed E-state index contributed by atoms with van der Waals surface area (Å²) in [6.45, 7) is 2.48. The molecular weight excluding hydrogens is 282 g/mol. The van der Waals surface area contributed by atoms with Crippen LogP contribution in [0.4, 0.5) is 16.2 Å². The Bertz CT molecular complexity index is 489. The second kappa shape index (κ2) is 8.00. The van der Waals surface area contributed by atoms with Gasteiger partial charge in [0, 0.05) is 27.2 Å². The predicted octanol–water partition coefficient (Wildman–Crippen LogP) is 1.76. The van der Waals surface area contributed by atoms with Crippen molar-refractivity contribution in [1.29, 1.82) is 0 Å². The van der Waals surface area contributed by atoms with Crippen LogP contribution < -0.4 is 10.2 Å². The number of nitrogens with zero attached hydrogens (tertiary/aromatic N) is 2. The van der Waals surface area contributed by atoms with Gasteiger partial charge in [-0.3, -0.25) is 0 Å². The van der Waals surface area contributed by atoms with Gasteiger partial charge in [-0.2, -0.15) is 0 Å². The highest BCUT2D eigenvalue weighted by atomic mass is 16.5. The number of methoxy groups -OCH3 is 1. The maximum atomic E-state index is 12.3. The number of benzene rings is 1. The molecule has 0 spiro atoms. The van der Waals surface area contributed by atoms with E-state index in [0.717, 1.165) is 24.5 Å². The molecule has 6 nitrogen and oxygen atoms in total. The van der Waals surface area contributed by atoms with Crippen LogP contribution >= 0.6 is 0 Å². The number of rotatable bonds is 6. The maximum absolute atomic E-state index is 12.3.